The Morgan fingerprint density at radius 3 is 1.75 bits per heavy atom. The highest BCUT2D eigenvalue weighted by Gasteiger charge is 2.39. The fraction of sp³-hybridized carbons (Fsp3) is 1.00. The van der Waals surface area contributed by atoms with Gasteiger partial charge in [0.2, 0.25) is 6.10 Å². The van der Waals surface area contributed by atoms with E-state index < -0.39 is 18.9 Å². The van der Waals surface area contributed by atoms with Crippen LogP contribution in [0.1, 0.15) is 0 Å². The fourth-order valence-corrected chi connectivity index (χ4v) is 0.0945. The summed E-state index contributed by atoms with van der Waals surface area (Å²) in [5.74, 6) is 0. The molecule has 1 unspecified atom stereocenters. The molecule has 0 spiro atoms. The van der Waals surface area contributed by atoms with Gasteiger partial charge in [-0.05, 0) is 0 Å². The summed E-state index contributed by atoms with van der Waals surface area (Å²) in [4.78, 5) is 0. The van der Waals surface area contributed by atoms with Crippen LogP contribution in [-0.2, 0) is 10.2 Å². The Morgan fingerprint density at radius 2 is 1.75 bits per heavy atom. The van der Waals surface area contributed by atoms with E-state index >= 15 is 0 Å². The molecule has 0 saturated carbocycles. The van der Waals surface area contributed by atoms with Crippen molar-refractivity contribution in [3.05, 3.63) is 0 Å². The number of halogens is 3. The maximum Gasteiger partial charge on any atom is 0.420 e. The largest absolute Gasteiger partial charge is 0.420 e. The van der Waals surface area contributed by atoms with E-state index in [4.69, 9.17) is 0 Å². The van der Waals surface area contributed by atoms with Crippen LogP contribution >= 0.6 is 0 Å². The predicted molar refractivity (Wildman–Crippen MR) is 16.1 cm³/mol. The predicted octanol–water partition coefficient (Wildman–Crippen LogP) is 0.778. The normalized spacial score (nSPS) is 16.1. The van der Waals surface area contributed by atoms with Crippen LogP contribution < -0.4 is 0 Å². The topological polar surface area (TPSA) is 39.8 Å². The third-order valence-electron chi connectivity index (χ3n) is 0.516. The summed E-state index contributed by atoms with van der Waals surface area (Å²) in [5.41, 5.74) is 0. The first-order valence-corrected chi connectivity index (χ1v) is 1.79. The molecule has 8 heavy (non-hydrogen) atoms. The van der Waals surface area contributed by atoms with Gasteiger partial charge in [0.05, 0.1) is 0 Å². The van der Waals surface area contributed by atoms with Crippen molar-refractivity contribution in [2.24, 2.45) is 0 Å². The van der Waals surface area contributed by atoms with Crippen molar-refractivity contribution in [2.45, 2.75) is 12.3 Å². The lowest BCUT2D eigenvalue weighted by Gasteiger charge is -2.06. The summed E-state index contributed by atoms with van der Waals surface area (Å²) in [7, 11) is 0. The molecule has 0 aromatic heterocycles. The Labute approximate surface area is 43.6 Å². The molecule has 0 rings (SSSR count). The van der Waals surface area contributed by atoms with Gasteiger partial charge in [0, 0.05) is 0 Å². The maximum atomic E-state index is 10.9. The van der Waals surface area contributed by atoms with Crippen molar-refractivity contribution in [1.29, 1.82) is 0 Å². The molecule has 0 aromatic carbocycles. The van der Waals surface area contributed by atoms with Crippen molar-refractivity contribution in [3.63, 3.8) is 0 Å². The molecule has 2 radical (unpaired) electrons. The monoisotopic (exact) mass is 128 g/mol. The molecule has 0 aliphatic rings. The summed E-state index contributed by atoms with van der Waals surface area (Å²) < 4.78 is 32.8. The summed E-state index contributed by atoms with van der Waals surface area (Å²) in [6.07, 6.45) is -7.82. The number of rotatable bonds is 1. The Balaban J connectivity index is 3.62. The minimum absolute atomic E-state index is 1.64. The van der Waals surface area contributed by atoms with Gasteiger partial charge < -0.3 is 0 Å². The lowest BCUT2D eigenvalue weighted by atomic mass is 10.4. The van der Waals surface area contributed by atoms with Crippen molar-refractivity contribution in [2.75, 3.05) is 6.61 Å². The van der Waals surface area contributed by atoms with Crippen LogP contribution in [0, 0.1) is 0 Å². The minimum Gasteiger partial charge on any atom is -0.233 e. The van der Waals surface area contributed by atoms with Gasteiger partial charge in [0.1, 0.15) is 6.61 Å². The molecule has 2 nitrogen and oxygen atoms in total. The molecule has 0 bridgehead atoms. The highest BCUT2D eigenvalue weighted by Crippen LogP contribution is 2.19. The Morgan fingerprint density at radius 1 is 1.38 bits per heavy atom. The van der Waals surface area contributed by atoms with Crippen LogP contribution in [-0.4, -0.2) is 18.9 Å². The third kappa shape index (κ3) is 2.13. The number of hydrogen-bond donors (Lipinski definition) is 0. The lowest BCUT2D eigenvalue weighted by Crippen LogP contribution is -2.29. The zero-order valence-corrected chi connectivity index (χ0v) is 3.73. The average Bonchev–Trinajstić information content (AvgIpc) is 1.62. The van der Waals surface area contributed by atoms with Gasteiger partial charge in [-0.2, -0.15) is 13.2 Å². The highest BCUT2D eigenvalue weighted by atomic mass is 19.4. The molecule has 0 amide bonds. The Kier molecular flexibility index (Phi) is 2.24. The van der Waals surface area contributed by atoms with Crippen LogP contribution in [0.2, 0.25) is 0 Å². The smallest absolute Gasteiger partial charge is 0.233 e. The molecule has 48 valence electrons. The quantitative estimate of drug-likeness (QED) is 0.500. The van der Waals surface area contributed by atoms with Crippen molar-refractivity contribution in [3.8, 4) is 0 Å². The van der Waals surface area contributed by atoms with Crippen LogP contribution in [0.4, 0.5) is 13.2 Å². The summed E-state index contributed by atoms with van der Waals surface area (Å²) >= 11 is 0. The van der Waals surface area contributed by atoms with Gasteiger partial charge in [-0.1, -0.05) is 0 Å². The first-order chi connectivity index (χ1) is 3.48. The van der Waals surface area contributed by atoms with Crippen LogP contribution in [0.15, 0.2) is 0 Å². The van der Waals surface area contributed by atoms with Gasteiger partial charge in [-0.25, -0.2) is 10.2 Å². The zero-order valence-electron chi connectivity index (χ0n) is 3.73. The van der Waals surface area contributed by atoms with E-state index in [0.29, 0.717) is 0 Å². The molecule has 1 atom stereocenters. The molecule has 0 N–H and O–H groups in total. The number of hydrogen-bond acceptors (Lipinski definition) is 0. The second-order valence-electron chi connectivity index (χ2n) is 1.20. The van der Waals surface area contributed by atoms with E-state index in [0.717, 1.165) is 0 Å². The molecular weight excluding hydrogens is 125 g/mol. The van der Waals surface area contributed by atoms with E-state index in [9.17, 15) is 23.4 Å². The first kappa shape index (κ1) is 7.71. The first-order valence-electron chi connectivity index (χ1n) is 1.79. The SMILES string of the molecule is [O]CC([O])C(F)(F)F. The van der Waals surface area contributed by atoms with Gasteiger partial charge in [-0.3, -0.25) is 0 Å². The molecule has 0 fully saturated rings. The van der Waals surface area contributed by atoms with Gasteiger partial charge in [0.15, 0.2) is 0 Å². The Bertz CT molecular complexity index is 69.4. The molecule has 5 heteroatoms. The van der Waals surface area contributed by atoms with Gasteiger partial charge >= 0.3 is 6.18 Å². The second kappa shape index (κ2) is 2.32. The third-order valence-corrected chi connectivity index (χ3v) is 0.516. The molecule has 0 saturated heterocycles. The van der Waals surface area contributed by atoms with Crippen molar-refractivity contribution < 1.29 is 23.4 Å². The number of alkyl halides is 3. The second-order valence-corrected chi connectivity index (χ2v) is 1.20. The van der Waals surface area contributed by atoms with Gasteiger partial charge in [0.25, 0.3) is 0 Å². The average molecular weight is 128 g/mol. The molecule has 0 aliphatic heterocycles. The maximum absolute atomic E-state index is 10.9. The van der Waals surface area contributed by atoms with Crippen molar-refractivity contribution in [1.82, 2.24) is 0 Å². The van der Waals surface area contributed by atoms with E-state index in [2.05, 4.69) is 0 Å². The lowest BCUT2D eigenvalue weighted by molar-refractivity contribution is -0.235. The fourth-order valence-electron chi connectivity index (χ4n) is 0.0945. The van der Waals surface area contributed by atoms with Crippen molar-refractivity contribution >= 4 is 0 Å². The van der Waals surface area contributed by atoms with E-state index in [1.165, 1.54) is 0 Å². The summed E-state index contributed by atoms with van der Waals surface area (Å²) in [6, 6.07) is 0. The minimum atomic E-state index is -4.86. The summed E-state index contributed by atoms with van der Waals surface area (Å²) in [6.45, 7) is -1.64. The summed E-state index contributed by atoms with van der Waals surface area (Å²) in [5, 5.41) is 18.7. The van der Waals surface area contributed by atoms with Gasteiger partial charge in [-0.15, -0.1) is 0 Å². The van der Waals surface area contributed by atoms with Crippen LogP contribution in [0.5, 0.6) is 0 Å². The van der Waals surface area contributed by atoms with E-state index in [1.807, 2.05) is 0 Å². The molecule has 0 heterocycles. The molecular formula is C3H3F3O2. The zero-order chi connectivity index (χ0) is 6.78. The standard InChI is InChI=1S/C3H3F3O2/c4-3(5,6)2(8)1-7/h2H,1H2. The van der Waals surface area contributed by atoms with Crippen LogP contribution in [0.25, 0.3) is 0 Å². The van der Waals surface area contributed by atoms with E-state index in [-0.39, 0.29) is 0 Å². The molecule has 0 aromatic rings. The highest BCUT2D eigenvalue weighted by molar-refractivity contribution is 4.60. The Hall–Kier alpha value is -0.290. The van der Waals surface area contributed by atoms with Crippen LogP contribution in [0.3, 0.4) is 0 Å². The van der Waals surface area contributed by atoms with E-state index in [1.54, 1.807) is 0 Å². The molecule has 0 aliphatic carbocycles.